The highest BCUT2D eigenvalue weighted by Crippen LogP contribution is 2.42. The predicted octanol–water partition coefficient (Wildman–Crippen LogP) is 1.75. The number of carbonyl (C=O) groups excluding carboxylic acids is 2. The number of hydrogen-bond acceptors (Lipinski definition) is 6. The van der Waals surface area contributed by atoms with Gasteiger partial charge in [0.05, 0.1) is 6.04 Å². The van der Waals surface area contributed by atoms with Crippen LogP contribution in [0.5, 0.6) is 5.75 Å². The zero-order valence-corrected chi connectivity index (χ0v) is 14.0. The number of amides is 1. The van der Waals surface area contributed by atoms with E-state index in [0.717, 1.165) is 27.7 Å². The van der Waals surface area contributed by atoms with E-state index in [0.29, 0.717) is 12.0 Å². The van der Waals surface area contributed by atoms with Gasteiger partial charge < -0.3 is 16.3 Å². The van der Waals surface area contributed by atoms with Gasteiger partial charge in [0.15, 0.2) is 0 Å². The van der Waals surface area contributed by atoms with Gasteiger partial charge in [-0.05, 0) is 23.3 Å². The summed E-state index contributed by atoms with van der Waals surface area (Å²) < 4.78 is 0. The fourth-order valence-corrected chi connectivity index (χ4v) is 3.86. The summed E-state index contributed by atoms with van der Waals surface area (Å²) in [5.74, 6) is 0.119. The molecule has 5 N–H and O–H groups in total. The monoisotopic (exact) mass is 355 g/mol. The van der Waals surface area contributed by atoms with Crippen LogP contribution >= 0.6 is 11.8 Å². The molecule has 7 heteroatoms. The summed E-state index contributed by atoms with van der Waals surface area (Å²) in [5, 5.41) is 10.4. The van der Waals surface area contributed by atoms with Crippen LogP contribution in [0.4, 0.5) is 0 Å². The van der Waals surface area contributed by atoms with Crippen molar-refractivity contribution in [2.24, 2.45) is 5.73 Å². The van der Waals surface area contributed by atoms with Gasteiger partial charge >= 0.3 is 0 Å². The molecule has 0 saturated carbocycles. The van der Waals surface area contributed by atoms with Gasteiger partial charge in [-0.2, -0.15) is 0 Å². The van der Waals surface area contributed by atoms with E-state index in [1.807, 2.05) is 30.3 Å². The molecule has 6 nitrogen and oxygen atoms in total. The van der Waals surface area contributed by atoms with E-state index in [9.17, 15) is 14.7 Å². The maximum absolute atomic E-state index is 11.4. The number of benzene rings is 2. The number of phenolic OH excluding ortho intramolecular Hbond substituents is 1. The van der Waals surface area contributed by atoms with Crippen molar-refractivity contribution < 1.29 is 14.7 Å². The molecule has 25 heavy (non-hydrogen) atoms. The molecule has 0 spiro atoms. The number of hydrogen-bond donors (Lipinski definition) is 4. The number of thioether (sulfide) groups is 1. The van der Waals surface area contributed by atoms with Gasteiger partial charge in [-0.1, -0.05) is 30.3 Å². The second-order valence-corrected chi connectivity index (χ2v) is 6.48. The second kappa shape index (κ2) is 7.42. The van der Waals surface area contributed by atoms with Crippen LogP contribution in [0.25, 0.3) is 0 Å². The number of phenols is 1. The molecule has 2 aromatic rings. The first-order valence-corrected chi connectivity index (χ1v) is 8.59. The average molecular weight is 355 g/mol. The van der Waals surface area contributed by atoms with Gasteiger partial charge in [-0.25, -0.2) is 5.43 Å². The maximum atomic E-state index is 11.4. The standard InChI is InChI=1S/C18H17N3O3S/c19-18(24)13(8-9-22)20-21-17-12-5-1-2-7-15(12)25-10-11-4-3-6-14(23)16(11)17/h1-9,17,20-21,23H,10H2,(H2,19,24)/b13-8-/t17-/m1/s1. The van der Waals surface area contributed by atoms with E-state index in [-0.39, 0.29) is 11.4 Å². The number of primary amides is 1. The van der Waals surface area contributed by atoms with Crippen LogP contribution < -0.4 is 16.6 Å². The zero-order valence-electron chi connectivity index (χ0n) is 13.2. The molecule has 1 aliphatic heterocycles. The molecule has 1 amide bonds. The number of allylic oxidation sites excluding steroid dienone is 1. The molecular formula is C18H17N3O3S. The molecule has 0 aromatic heterocycles. The Kier molecular flexibility index (Phi) is 5.06. The molecule has 0 saturated heterocycles. The number of hydrazine groups is 1. The van der Waals surface area contributed by atoms with Gasteiger partial charge in [-0.15, -0.1) is 11.8 Å². The number of aromatic hydroxyl groups is 1. The molecule has 0 unspecified atom stereocenters. The molecule has 0 bridgehead atoms. The first-order valence-electron chi connectivity index (χ1n) is 7.61. The van der Waals surface area contributed by atoms with E-state index >= 15 is 0 Å². The Bertz CT molecular complexity index is 851. The first kappa shape index (κ1) is 17.1. The second-order valence-electron chi connectivity index (χ2n) is 5.46. The molecular weight excluding hydrogens is 338 g/mol. The Morgan fingerprint density at radius 2 is 2.04 bits per heavy atom. The zero-order chi connectivity index (χ0) is 17.8. The van der Waals surface area contributed by atoms with Gasteiger partial charge in [0, 0.05) is 22.3 Å². The lowest BCUT2D eigenvalue weighted by molar-refractivity contribution is -0.115. The highest BCUT2D eigenvalue weighted by molar-refractivity contribution is 7.98. The van der Waals surface area contributed by atoms with Crippen molar-refractivity contribution in [2.45, 2.75) is 16.7 Å². The van der Waals surface area contributed by atoms with Gasteiger partial charge in [-0.3, -0.25) is 9.59 Å². The molecule has 128 valence electrons. The van der Waals surface area contributed by atoms with E-state index in [1.54, 1.807) is 23.9 Å². The predicted molar refractivity (Wildman–Crippen MR) is 95.6 cm³/mol. The third-order valence-corrected chi connectivity index (χ3v) is 5.06. The Labute approximate surface area is 149 Å². The first-order chi connectivity index (χ1) is 12.1. The van der Waals surface area contributed by atoms with E-state index < -0.39 is 11.9 Å². The van der Waals surface area contributed by atoms with Crippen molar-refractivity contribution in [1.82, 2.24) is 10.9 Å². The van der Waals surface area contributed by atoms with E-state index in [1.165, 1.54) is 0 Å². The van der Waals surface area contributed by atoms with Crippen LogP contribution in [-0.2, 0) is 15.3 Å². The SMILES string of the molecule is NC(=O)/C(=C/C=O)NN[C@@H]1c2ccccc2SCc2cccc(O)c21. The Hall–Kier alpha value is -2.77. The minimum atomic E-state index is -0.756. The highest BCUT2D eigenvalue weighted by atomic mass is 32.2. The number of aldehydes is 1. The summed E-state index contributed by atoms with van der Waals surface area (Å²) in [5.41, 5.74) is 13.6. The van der Waals surface area contributed by atoms with Crippen molar-refractivity contribution in [3.8, 4) is 5.75 Å². The normalized spacial score (nSPS) is 16.3. The third kappa shape index (κ3) is 3.52. The largest absolute Gasteiger partial charge is 0.508 e. The fourth-order valence-electron chi connectivity index (χ4n) is 2.77. The molecule has 3 rings (SSSR count). The number of nitrogens with two attached hydrogens (primary N) is 1. The number of fused-ring (bicyclic) bond motifs is 2. The highest BCUT2D eigenvalue weighted by Gasteiger charge is 2.26. The van der Waals surface area contributed by atoms with Crippen LogP contribution in [-0.4, -0.2) is 17.3 Å². The van der Waals surface area contributed by atoms with Crippen LogP contribution in [0.15, 0.2) is 59.1 Å². The lowest BCUT2D eigenvalue weighted by atomic mass is 9.94. The lowest BCUT2D eigenvalue weighted by Gasteiger charge is -2.23. The lowest BCUT2D eigenvalue weighted by Crippen LogP contribution is -2.40. The van der Waals surface area contributed by atoms with Crippen molar-refractivity contribution in [3.05, 3.63) is 70.9 Å². The molecule has 1 aliphatic rings. The maximum Gasteiger partial charge on any atom is 0.266 e. The summed E-state index contributed by atoms with van der Waals surface area (Å²) in [4.78, 5) is 23.2. The van der Waals surface area contributed by atoms with Gasteiger partial charge in [0.2, 0.25) is 0 Å². The number of nitrogens with one attached hydrogen (secondary N) is 2. The summed E-state index contributed by atoms with van der Waals surface area (Å²) >= 11 is 1.67. The molecule has 0 aliphatic carbocycles. The Morgan fingerprint density at radius 3 is 2.80 bits per heavy atom. The quantitative estimate of drug-likeness (QED) is 0.370. The van der Waals surface area contributed by atoms with Gasteiger partial charge in [0.1, 0.15) is 17.7 Å². The van der Waals surface area contributed by atoms with Crippen molar-refractivity contribution >= 4 is 24.0 Å². The third-order valence-electron chi connectivity index (χ3n) is 3.93. The topological polar surface area (TPSA) is 104 Å². The summed E-state index contributed by atoms with van der Waals surface area (Å²) in [6.45, 7) is 0. The van der Waals surface area contributed by atoms with Crippen LogP contribution in [0.2, 0.25) is 0 Å². The van der Waals surface area contributed by atoms with E-state index in [4.69, 9.17) is 5.73 Å². The van der Waals surface area contributed by atoms with Crippen molar-refractivity contribution in [1.29, 1.82) is 0 Å². The summed E-state index contributed by atoms with van der Waals surface area (Å²) in [7, 11) is 0. The van der Waals surface area contributed by atoms with Crippen molar-refractivity contribution in [3.63, 3.8) is 0 Å². The van der Waals surface area contributed by atoms with Crippen LogP contribution in [0.3, 0.4) is 0 Å². The summed E-state index contributed by atoms with van der Waals surface area (Å²) in [6, 6.07) is 12.8. The Morgan fingerprint density at radius 1 is 1.24 bits per heavy atom. The number of rotatable bonds is 5. The molecule has 2 aromatic carbocycles. The van der Waals surface area contributed by atoms with Crippen molar-refractivity contribution in [2.75, 3.05) is 0 Å². The van der Waals surface area contributed by atoms with Crippen LogP contribution in [0.1, 0.15) is 22.7 Å². The fraction of sp³-hybridized carbons (Fsp3) is 0.111. The average Bonchev–Trinajstić information content (AvgIpc) is 2.76. The molecule has 0 radical (unpaired) electrons. The molecule has 1 heterocycles. The Balaban J connectivity index is 2.03. The van der Waals surface area contributed by atoms with Crippen LogP contribution in [0, 0.1) is 0 Å². The van der Waals surface area contributed by atoms with E-state index in [2.05, 4.69) is 10.9 Å². The van der Waals surface area contributed by atoms with Gasteiger partial charge in [0.25, 0.3) is 5.91 Å². The summed E-state index contributed by atoms with van der Waals surface area (Å²) in [6.07, 6.45) is 1.54. The minimum absolute atomic E-state index is 0.0543. The molecule has 0 fully saturated rings. The smallest absolute Gasteiger partial charge is 0.266 e. The minimum Gasteiger partial charge on any atom is -0.508 e. The number of carbonyl (C=O) groups is 2. The molecule has 1 atom stereocenters.